The SMILES string of the molecule is CC(CN)C(=O)N1CCN(CC2CC2)CC1.Cl.Cl. The van der Waals surface area contributed by atoms with Crippen LogP contribution >= 0.6 is 24.8 Å². The molecule has 2 aliphatic rings. The van der Waals surface area contributed by atoms with Crippen molar-refractivity contribution in [3.05, 3.63) is 0 Å². The van der Waals surface area contributed by atoms with Crippen LogP contribution in [0.15, 0.2) is 0 Å². The fourth-order valence-electron chi connectivity index (χ4n) is 2.23. The third-order valence-electron chi connectivity index (χ3n) is 3.67. The summed E-state index contributed by atoms with van der Waals surface area (Å²) in [5, 5.41) is 0. The van der Waals surface area contributed by atoms with E-state index >= 15 is 0 Å². The number of carbonyl (C=O) groups excluding carboxylic acids is 1. The average Bonchev–Trinajstić information content (AvgIpc) is 3.12. The Kier molecular flexibility index (Phi) is 8.19. The molecule has 2 N–H and O–H groups in total. The first-order valence-corrected chi connectivity index (χ1v) is 6.42. The van der Waals surface area contributed by atoms with E-state index in [4.69, 9.17) is 5.73 Å². The van der Waals surface area contributed by atoms with Gasteiger partial charge in [-0.25, -0.2) is 0 Å². The van der Waals surface area contributed by atoms with Crippen LogP contribution in [0.4, 0.5) is 0 Å². The van der Waals surface area contributed by atoms with E-state index in [1.807, 2.05) is 11.8 Å². The molecule has 108 valence electrons. The highest BCUT2D eigenvalue weighted by atomic mass is 35.5. The lowest BCUT2D eigenvalue weighted by atomic mass is 10.1. The lowest BCUT2D eigenvalue weighted by Crippen LogP contribution is -2.51. The number of nitrogens with two attached hydrogens (primary N) is 1. The van der Waals surface area contributed by atoms with Crippen LogP contribution in [0.1, 0.15) is 19.8 Å². The van der Waals surface area contributed by atoms with Crippen molar-refractivity contribution >= 4 is 30.7 Å². The van der Waals surface area contributed by atoms with Gasteiger partial charge >= 0.3 is 0 Å². The minimum atomic E-state index is -0.0185. The van der Waals surface area contributed by atoms with E-state index in [2.05, 4.69) is 4.90 Å². The van der Waals surface area contributed by atoms with E-state index in [1.165, 1.54) is 19.4 Å². The molecular formula is C12H25Cl2N3O. The summed E-state index contributed by atoms with van der Waals surface area (Å²) >= 11 is 0. The summed E-state index contributed by atoms with van der Waals surface area (Å²) in [4.78, 5) is 16.4. The first kappa shape index (κ1) is 18.0. The molecule has 1 unspecified atom stereocenters. The van der Waals surface area contributed by atoms with E-state index in [0.29, 0.717) is 6.54 Å². The molecule has 0 aromatic rings. The number of carbonyl (C=O) groups is 1. The number of hydrogen-bond donors (Lipinski definition) is 1. The topological polar surface area (TPSA) is 49.6 Å². The fourth-order valence-corrected chi connectivity index (χ4v) is 2.23. The Morgan fingerprint density at radius 1 is 1.22 bits per heavy atom. The van der Waals surface area contributed by atoms with Gasteiger partial charge in [-0.15, -0.1) is 24.8 Å². The van der Waals surface area contributed by atoms with Gasteiger partial charge in [0.05, 0.1) is 0 Å². The summed E-state index contributed by atoms with van der Waals surface area (Å²) in [6, 6.07) is 0. The molecule has 18 heavy (non-hydrogen) atoms. The first-order valence-electron chi connectivity index (χ1n) is 6.42. The average molecular weight is 298 g/mol. The van der Waals surface area contributed by atoms with Crippen molar-refractivity contribution < 1.29 is 4.79 Å². The van der Waals surface area contributed by atoms with Crippen molar-refractivity contribution in [3.63, 3.8) is 0 Å². The monoisotopic (exact) mass is 297 g/mol. The van der Waals surface area contributed by atoms with Gasteiger partial charge in [0.1, 0.15) is 0 Å². The Morgan fingerprint density at radius 2 is 1.78 bits per heavy atom. The van der Waals surface area contributed by atoms with Crippen LogP contribution in [0.25, 0.3) is 0 Å². The quantitative estimate of drug-likeness (QED) is 0.842. The van der Waals surface area contributed by atoms with Gasteiger partial charge in [0.15, 0.2) is 0 Å². The minimum Gasteiger partial charge on any atom is -0.340 e. The van der Waals surface area contributed by atoms with Gasteiger partial charge in [-0.1, -0.05) is 6.92 Å². The van der Waals surface area contributed by atoms with Gasteiger partial charge in [-0.3, -0.25) is 9.69 Å². The Bertz CT molecular complexity index is 254. The molecule has 1 heterocycles. The van der Waals surface area contributed by atoms with Crippen molar-refractivity contribution in [2.75, 3.05) is 39.3 Å². The molecular weight excluding hydrogens is 273 g/mol. The molecule has 1 amide bonds. The van der Waals surface area contributed by atoms with Crippen molar-refractivity contribution in [2.45, 2.75) is 19.8 Å². The van der Waals surface area contributed by atoms with Crippen LogP contribution < -0.4 is 5.73 Å². The zero-order chi connectivity index (χ0) is 11.5. The molecule has 1 atom stereocenters. The summed E-state index contributed by atoms with van der Waals surface area (Å²) < 4.78 is 0. The number of rotatable bonds is 4. The first-order chi connectivity index (χ1) is 7.70. The summed E-state index contributed by atoms with van der Waals surface area (Å²) in [5.74, 6) is 1.16. The molecule has 2 rings (SSSR count). The normalized spacial score (nSPS) is 21.8. The Morgan fingerprint density at radius 3 is 2.22 bits per heavy atom. The van der Waals surface area contributed by atoms with Gasteiger partial charge < -0.3 is 10.6 Å². The van der Waals surface area contributed by atoms with Crippen molar-refractivity contribution in [1.29, 1.82) is 0 Å². The van der Waals surface area contributed by atoms with Crippen LogP contribution in [-0.2, 0) is 4.79 Å². The molecule has 0 spiro atoms. The highest BCUT2D eigenvalue weighted by Gasteiger charge is 2.28. The van der Waals surface area contributed by atoms with Crippen LogP contribution in [0.3, 0.4) is 0 Å². The van der Waals surface area contributed by atoms with Gasteiger partial charge in [-0.2, -0.15) is 0 Å². The highest BCUT2D eigenvalue weighted by molar-refractivity contribution is 5.85. The maximum Gasteiger partial charge on any atom is 0.226 e. The van der Waals surface area contributed by atoms with Crippen molar-refractivity contribution in [3.8, 4) is 0 Å². The smallest absolute Gasteiger partial charge is 0.226 e. The molecule has 0 radical (unpaired) electrons. The summed E-state index contributed by atoms with van der Waals surface area (Å²) in [6.45, 7) is 7.47. The van der Waals surface area contributed by atoms with E-state index in [9.17, 15) is 4.79 Å². The summed E-state index contributed by atoms with van der Waals surface area (Å²) in [5.41, 5.74) is 5.52. The third-order valence-corrected chi connectivity index (χ3v) is 3.67. The molecule has 1 aliphatic heterocycles. The standard InChI is InChI=1S/C12H23N3O.2ClH/c1-10(8-13)12(16)15-6-4-14(5-7-15)9-11-2-3-11;;/h10-11H,2-9,13H2,1H3;2*1H. The molecule has 0 aromatic heterocycles. The lowest BCUT2D eigenvalue weighted by Gasteiger charge is -2.35. The molecule has 0 bridgehead atoms. The van der Waals surface area contributed by atoms with Crippen molar-refractivity contribution in [1.82, 2.24) is 9.80 Å². The molecule has 6 heteroatoms. The molecule has 4 nitrogen and oxygen atoms in total. The number of piperazine rings is 1. The molecule has 1 aliphatic carbocycles. The number of halogens is 2. The van der Waals surface area contributed by atoms with E-state index < -0.39 is 0 Å². The van der Waals surface area contributed by atoms with Crippen LogP contribution in [0.5, 0.6) is 0 Å². The van der Waals surface area contributed by atoms with Gasteiger partial charge in [0, 0.05) is 45.2 Å². The predicted molar refractivity (Wildman–Crippen MR) is 78.5 cm³/mol. The Balaban J connectivity index is 0.00000144. The maximum absolute atomic E-state index is 11.9. The minimum absolute atomic E-state index is 0. The van der Waals surface area contributed by atoms with E-state index in [1.54, 1.807) is 0 Å². The van der Waals surface area contributed by atoms with E-state index in [0.717, 1.165) is 32.1 Å². The second kappa shape index (κ2) is 8.20. The molecule has 1 saturated heterocycles. The molecule has 2 fully saturated rings. The van der Waals surface area contributed by atoms with Gasteiger partial charge in [0.25, 0.3) is 0 Å². The van der Waals surface area contributed by atoms with Gasteiger partial charge in [0.2, 0.25) is 5.91 Å². The zero-order valence-corrected chi connectivity index (χ0v) is 12.6. The lowest BCUT2D eigenvalue weighted by molar-refractivity contribution is -0.136. The second-order valence-corrected chi connectivity index (χ2v) is 5.21. The number of amides is 1. The number of nitrogens with zero attached hydrogens (tertiary/aromatic N) is 2. The van der Waals surface area contributed by atoms with E-state index in [-0.39, 0.29) is 36.6 Å². The summed E-state index contributed by atoms with van der Waals surface area (Å²) in [6.07, 6.45) is 2.81. The molecule has 1 saturated carbocycles. The Labute approximate surface area is 122 Å². The second-order valence-electron chi connectivity index (χ2n) is 5.21. The summed E-state index contributed by atoms with van der Waals surface area (Å²) in [7, 11) is 0. The van der Waals surface area contributed by atoms with Crippen LogP contribution in [0.2, 0.25) is 0 Å². The largest absolute Gasteiger partial charge is 0.340 e. The predicted octanol–water partition coefficient (Wildman–Crippen LogP) is 0.979. The highest BCUT2D eigenvalue weighted by Crippen LogP contribution is 2.29. The van der Waals surface area contributed by atoms with Crippen LogP contribution in [0, 0.1) is 11.8 Å². The van der Waals surface area contributed by atoms with Crippen LogP contribution in [-0.4, -0.2) is 55.0 Å². The fraction of sp³-hybridized carbons (Fsp3) is 0.917. The van der Waals surface area contributed by atoms with Crippen molar-refractivity contribution in [2.24, 2.45) is 17.6 Å². The number of hydrogen-bond acceptors (Lipinski definition) is 3. The maximum atomic E-state index is 11.9. The molecule has 0 aromatic carbocycles. The Hall–Kier alpha value is -0.0300. The van der Waals surface area contributed by atoms with Gasteiger partial charge in [-0.05, 0) is 18.8 Å². The third kappa shape index (κ3) is 4.92. The zero-order valence-electron chi connectivity index (χ0n) is 11.0.